The van der Waals surface area contributed by atoms with Crippen LogP contribution in [0.4, 0.5) is 0 Å². The number of fused-ring (bicyclic) bond motifs is 1. The van der Waals surface area contributed by atoms with Gasteiger partial charge in [-0.2, -0.15) is 0 Å². The SMILES string of the molecule is c1ccc2c(CCNC3(c4nnnn4C4CCCCC4)CCCC3)c[nH]c2c1. The Balaban J connectivity index is 1.34. The first-order chi connectivity index (χ1) is 13.9. The maximum absolute atomic E-state index is 4.54. The van der Waals surface area contributed by atoms with E-state index in [-0.39, 0.29) is 5.54 Å². The quantitative estimate of drug-likeness (QED) is 0.672. The third-order valence-electron chi connectivity index (χ3n) is 6.83. The molecule has 0 radical (unpaired) electrons. The summed E-state index contributed by atoms with van der Waals surface area (Å²) in [5.41, 5.74) is 2.53. The average molecular weight is 379 g/mol. The minimum Gasteiger partial charge on any atom is -0.361 e. The van der Waals surface area contributed by atoms with Crippen molar-refractivity contribution in [3.05, 3.63) is 41.9 Å². The summed E-state index contributed by atoms with van der Waals surface area (Å²) >= 11 is 0. The van der Waals surface area contributed by atoms with E-state index in [2.05, 4.69) is 61.0 Å². The summed E-state index contributed by atoms with van der Waals surface area (Å²) in [6.45, 7) is 0.944. The van der Waals surface area contributed by atoms with Crippen molar-refractivity contribution in [3.63, 3.8) is 0 Å². The van der Waals surface area contributed by atoms with Gasteiger partial charge < -0.3 is 10.3 Å². The number of rotatable bonds is 6. The minimum absolute atomic E-state index is 0.0624. The molecule has 1 aromatic carbocycles. The topological polar surface area (TPSA) is 71.4 Å². The summed E-state index contributed by atoms with van der Waals surface area (Å²) in [4.78, 5) is 3.39. The fourth-order valence-electron chi connectivity index (χ4n) is 5.31. The van der Waals surface area contributed by atoms with Gasteiger partial charge >= 0.3 is 0 Å². The Bertz CT molecular complexity index is 914. The van der Waals surface area contributed by atoms with Crippen LogP contribution in [-0.4, -0.2) is 31.7 Å². The Morgan fingerprint density at radius 2 is 1.89 bits per heavy atom. The van der Waals surface area contributed by atoms with E-state index in [0.717, 1.165) is 31.6 Å². The van der Waals surface area contributed by atoms with Gasteiger partial charge in [0.05, 0.1) is 11.6 Å². The highest BCUT2D eigenvalue weighted by molar-refractivity contribution is 5.83. The van der Waals surface area contributed by atoms with Crippen LogP contribution in [0.2, 0.25) is 0 Å². The van der Waals surface area contributed by atoms with Crippen molar-refractivity contribution in [3.8, 4) is 0 Å². The second kappa shape index (κ2) is 7.66. The van der Waals surface area contributed by atoms with E-state index < -0.39 is 0 Å². The average Bonchev–Trinajstić information content (AvgIpc) is 3.49. The predicted octanol–water partition coefficient (Wildman–Crippen LogP) is 4.26. The number of tetrazole rings is 1. The van der Waals surface area contributed by atoms with Gasteiger partial charge in [-0.25, -0.2) is 4.68 Å². The van der Waals surface area contributed by atoms with Crippen LogP contribution >= 0.6 is 0 Å². The summed E-state index contributed by atoms with van der Waals surface area (Å²) < 4.78 is 2.17. The number of nitrogens with one attached hydrogen (secondary N) is 2. The Morgan fingerprint density at radius 3 is 2.75 bits per heavy atom. The van der Waals surface area contributed by atoms with Crippen LogP contribution < -0.4 is 5.32 Å². The number of hydrogen-bond donors (Lipinski definition) is 2. The number of benzene rings is 1. The van der Waals surface area contributed by atoms with Gasteiger partial charge in [0.1, 0.15) is 0 Å². The lowest BCUT2D eigenvalue weighted by atomic mass is 9.92. The maximum atomic E-state index is 4.54. The summed E-state index contributed by atoms with van der Waals surface area (Å²) in [5, 5.41) is 18.3. The van der Waals surface area contributed by atoms with Crippen molar-refractivity contribution >= 4 is 10.9 Å². The first kappa shape index (κ1) is 17.9. The zero-order valence-electron chi connectivity index (χ0n) is 16.5. The van der Waals surface area contributed by atoms with Gasteiger partial charge in [-0.05, 0) is 54.2 Å². The molecule has 2 N–H and O–H groups in total. The molecule has 6 heteroatoms. The van der Waals surface area contributed by atoms with Gasteiger partial charge in [0.15, 0.2) is 5.82 Å². The predicted molar refractivity (Wildman–Crippen MR) is 110 cm³/mol. The number of aromatic amines is 1. The van der Waals surface area contributed by atoms with Gasteiger partial charge in [0, 0.05) is 23.6 Å². The number of aromatic nitrogens is 5. The molecule has 0 bridgehead atoms. The second-order valence-electron chi connectivity index (χ2n) is 8.56. The van der Waals surface area contributed by atoms with E-state index >= 15 is 0 Å². The Morgan fingerprint density at radius 1 is 1.07 bits per heavy atom. The lowest BCUT2D eigenvalue weighted by molar-refractivity contribution is 0.261. The Hall–Kier alpha value is -2.21. The van der Waals surface area contributed by atoms with E-state index in [4.69, 9.17) is 0 Å². The van der Waals surface area contributed by atoms with Crippen molar-refractivity contribution < 1.29 is 0 Å². The molecule has 6 nitrogen and oxygen atoms in total. The molecular weight excluding hydrogens is 348 g/mol. The third kappa shape index (κ3) is 3.24. The largest absolute Gasteiger partial charge is 0.361 e. The van der Waals surface area contributed by atoms with E-state index in [0.29, 0.717) is 6.04 Å². The summed E-state index contributed by atoms with van der Waals surface area (Å²) in [7, 11) is 0. The molecule has 0 aliphatic heterocycles. The number of H-pyrrole nitrogens is 1. The van der Waals surface area contributed by atoms with Gasteiger partial charge in [0.25, 0.3) is 0 Å². The fraction of sp³-hybridized carbons (Fsp3) is 0.591. The van der Waals surface area contributed by atoms with Crippen molar-refractivity contribution in [1.82, 2.24) is 30.5 Å². The zero-order chi connectivity index (χ0) is 18.8. The van der Waals surface area contributed by atoms with Crippen LogP contribution in [0.15, 0.2) is 30.5 Å². The van der Waals surface area contributed by atoms with E-state index in [1.165, 1.54) is 61.4 Å². The summed E-state index contributed by atoms with van der Waals surface area (Å²) in [6, 6.07) is 9.02. The maximum Gasteiger partial charge on any atom is 0.171 e. The highest BCUT2D eigenvalue weighted by Crippen LogP contribution is 2.39. The third-order valence-corrected chi connectivity index (χ3v) is 6.83. The molecule has 2 aliphatic rings. The summed E-state index contributed by atoms with van der Waals surface area (Å²) in [5.74, 6) is 1.08. The highest BCUT2D eigenvalue weighted by atomic mass is 15.6. The molecule has 2 heterocycles. The van der Waals surface area contributed by atoms with E-state index in [1.54, 1.807) is 0 Å². The number of nitrogens with zero attached hydrogens (tertiary/aromatic N) is 4. The molecule has 28 heavy (non-hydrogen) atoms. The van der Waals surface area contributed by atoms with Crippen LogP contribution in [-0.2, 0) is 12.0 Å². The molecule has 0 atom stereocenters. The lowest BCUT2D eigenvalue weighted by Crippen LogP contribution is -2.44. The van der Waals surface area contributed by atoms with Gasteiger partial charge in [-0.1, -0.05) is 50.3 Å². The van der Waals surface area contributed by atoms with Crippen molar-refractivity contribution in [2.75, 3.05) is 6.54 Å². The first-order valence-corrected chi connectivity index (χ1v) is 10.9. The standard InChI is InChI=1S/C22H30N6/c1-2-8-18(9-3-1)28-21(25-26-27-28)22(13-6-7-14-22)24-15-12-17-16-23-20-11-5-4-10-19(17)20/h4-5,10-11,16,18,23-24H,1-3,6-9,12-15H2. The van der Waals surface area contributed by atoms with Crippen LogP contribution in [0.5, 0.6) is 0 Å². The van der Waals surface area contributed by atoms with Gasteiger partial charge in [-0.15, -0.1) is 5.10 Å². The van der Waals surface area contributed by atoms with Gasteiger partial charge in [-0.3, -0.25) is 0 Å². The van der Waals surface area contributed by atoms with Gasteiger partial charge in [0.2, 0.25) is 0 Å². The van der Waals surface area contributed by atoms with Crippen molar-refractivity contribution in [2.24, 2.45) is 0 Å². The smallest absolute Gasteiger partial charge is 0.171 e. The molecule has 5 rings (SSSR count). The molecule has 2 saturated carbocycles. The van der Waals surface area contributed by atoms with Crippen LogP contribution in [0.1, 0.15) is 75.2 Å². The second-order valence-corrected chi connectivity index (χ2v) is 8.56. The summed E-state index contributed by atoms with van der Waals surface area (Å²) in [6.07, 6.45) is 14.3. The molecule has 2 aromatic heterocycles. The normalized spacial score (nSPS) is 20.1. The number of para-hydroxylation sites is 1. The molecule has 0 saturated heterocycles. The molecule has 2 aliphatic carbocycles. The van der Waals surface area contributed by atoms with Crippen LogP contribution in [0, 0.1) is 0 Å². The van der Waals surface area contributed by atoms with Crippen molar-refractivity contribution in [2.45, 2.75) is 75.8 Å². The number of hydrogen-bond acceptors (Lipinski definition) is 4. The molecular formula is C22H30N6. The van der Waals surface area contributed by atoms with Crippen LogP contribution in [0.25, 0.3) is 10.9 Å². The van der Waals surface area contributed by atoms with Crippen molar-refractivity contribution in [1.29, 1.82) is 0 Å². The minimum atomic E-state index is -0.0624. The fourth-order valence-corrected chi connectivity index (χ4v) is 5.31. The molecule has 0 amide bonds. The monoisotopic (exact) mass is 378 g/mol. The molecule has 3 aromatic rings. The Labute approximate surface area is 166 Å². The Kier molecular flexibility index (Phi) is 4.89. The molecule has 0 unspecified atom stereocenters. The molecule has 148 valence electrons. The van der Waals surface area contributed by atoms with E-state index in [1.807, 2.05) is 0 Å². The van der Waals surface area contributed by atoms with E-state index in [9.17, 15) is 0 Å². The lowest BCUT2D eigenvalue weighted by Gasteiger charge is -2.32. The first-order valence-electron chi connectivity index (χ1n) is 10.9. The molecule has 0 spiro atoms. The highest BCUT2D eigenvalue weighted by Gasteiger charge is 2.41. The zero-order valence-corrected chi connectivity index (χ0v) is 16.5. The molecule has 2 fully saturated rings. The van der Waals surface area contributed by atoms with Crippen LogP contribution in [0.3, 0.4) is 0 Å².